The Bertz CT molecular complexity index is 176. The summed E-state index contributed by atoms with van der Waals surface area (Å²) in [6, 6.07) is 0. The third-order valence-corrected chi connectivity index (χ3v) is 15.7. The van der Waals surface area contributed by atoms with Crippen LogP contribution in [0.3, 0.4) is 0 Å². The third-order valence-electron chi connectivity index (χ3n) is 3.03. The van der Waals surface area contributed by atoms with E-state index in [-0.39, 0.29) is 5.97 Å². The van der Waals surface area contributed by atoms with Crippen LogP contribution in [-0.2, 0) is 8.56 Å². The SMILES string of the molecule is CC(=O)[O][Ge]([CH](C)C)([CH](C)C)[CH](C)C. The summed E-state index contributed by atoms with van der Waals surface area (Å²) in [5, 5.41) is 0. The molecular weight excluding hydrogens is 237 g/mol. The van der Waals surface area contributed by atoms with Gasteiger partial charge in [-0.25, -0.2) is 0 Å². The second kappa shape index (κ2) is 5.19. The number of hydrogen-bond acceptors (Lipinski definition) is 2. The molecule has 0 aromatic heterocycles. The fourth-order valence-corrected chi connectivity index (χ4v) is 13.5. The van der Waals surface area contributed by atoms with Crippen LogP contribution in [0.4, 0.5) is 0 Å². The molecule has 0 aromatic carbocycles. The van der Waals surface area contributed by atoms with Crippen molar-refractivity contribution in [3.8, 4) is 0 Å². The topological polar surface area (TPSA) is 26.3 Å². The van der Waals surface area contributed by atoms with Gasteiger partial charge in [0.2, 0.25) is 0 Å². The number of carbonyl (C=O) groups is 1. The van der Waals surface area contributed by atoms with Crippen molar-refractivity contribution in [2.24, 2.45) is 0 Å². The Morgan fingerprint density at radius 1 is 0.929 bits per heavy atom. The van der Waals surface area contributed by atoms with Gasteiger partial charge in [-0.05, 0) is 0 Å². The van der Waals surface area contributed by atoms with Crippen molar-refractivity contribution in [1.29, 1.82) is 0 Å². The first-order valence-electron chi connectivity index (χ1n) is 5.44. The quantitative estimate of drug-likeness (QED) is 0.720. The van der Waals surface area contributed by atoms with E-state index in [0.29, 0.717) is 14.3 Å². The predicted octanol–water partition coefficient (Wildman–Crippen LogP) is 3.73. The number of rotatable bonds is 4. The first-order valence-corrected chi connectivity index (χ1v) is 9.93. The first kappa shape index (κ1) is 14.0. The van der Waals surface area contributed by atoms with Gasteiger partial charge in [-0.2, -0.15) is 0 Å². The monoisotopic (exact) mass is 262 g/mol. The summed E-state index contributed by atoms with van der Waals surface area (Å²) in [5.41, 5.74) is 0. The zero-order chi connectivity index (χ0) is 11.5. The van der Waals surface area contributed by atoms with E-state index >= 15 is 0 Å². The zero-order valence-electron chi connectivity index (χ0n) is 10.5. The van der Waals surface area contributed by atoms with Crippen LogP contribution in [0, 0.1) is 0 Å². The second-order valence-electron chi connectivity index (χ2n) is 4.91. The molecule has 0 bridgehead atoms. The molecule has 14 heavy (non-hydrogen) atoms. The molecule has 0 aromatic rings. The van der Waals surface area contributed by atoms with E-state index in [1.54, 1.807) is 0 Å². The maximum atomic E-state index is 11.2. The van der Waals surface area contributed by atoms with E-state index in [1.807, 2.05) is 0 Å². The molecular formula is C11H24GeO2. The number of hydrogen-bond donors (Lipinski definition) is 0. The van der Waals surface area contributed by atoms with Crippen molar-refractivity contribution in [1.82, 2.24) is 0 Å². The fraction of sp³-hybridized carbons (Fsp3) is 0.909. The molecule has 0 aliphatic carbocycles. The van der Waals surface area contributed by atoms with Crippen LogP contribution >= 0.6 is 0 Å². The van der Waals surface area contributed by atoms with E-state index in [0.717, 1.165) is 0 Å². The van der Waals surface area contributed by atoms with Gasteiger partial charge in [-0.1, -0.05) is 0 Å². The Morgan fingerprint density at radius 2 is 1.21 bits per heavy atom. The van der Waals surface area contributed by atoms with Crippen molar-refractivity contribution in [3.63, 3.8) is 0 Å². The standard InChI is InChI=1S/C11H24GeO2/c1-8(2)12(9(3)4,10(5)6)14-11(7)13/h8-10H,1-7H3. The average molecular weight is 261 g/mol. The van der Waals surface area contributed by atoms with Crippen molar-refractivity contribution in [2.75, 3.05) is 0 Å². The van der Waals surface area contributed by atoms with Gasteiger partial charge in [0.25, 0.3) is 0 Å². The van der Waals surface area contributed by atoms with Crippen LogP contribution in [0.2, 0.25) is 14.3 Å². The molecule has 84 valence electrons. The summed E-state index contributed by atoms with van der Waals surface area (Å²) in [6.07, 6.45) is 0. The molecule has 0 rings (SSSR count). The van der Waals surface area contributed by atoms with E-state index in [4.69, 9.17) is 3.76 Å². The zero-order valence-corrected chi connectivity index (χ0v) is 12.6. The van der Waals surface area contributed by atoms with Gasteiger partial charge >= 0.3 is 90.8 Å². The molecule has 0 fully saturated rings. The molecule has 0 saturated heterocycles. The van der Waals surface area contributed by atoms with Gasteiger partial charge in [0, 0.05) is 0 Å². The van der Waals surface area contributed by atoms with Crippen molar-refractivity contribution in [2.45, 2.75) is 62.7 Å². The van der Waals surface area contributed by atoms with Gasteiger partial charge in [-0.3, -0.25) is 0 Å². The molecule has 0 aliphatic heterocycles. The molecule has 0 radical (unpaired) electrons. The maximum absolute atomic E-state index is 11.2. The average Bonchev–Trinajstić information content (AvgIpc) is 1.97. The van der Waals surface area contributed by atoms with E-state index in [1.165, 1.54) is 6.92 Å². The van der Waals surface area contributed by atoms with Crippen LogP contribution in [0.1, 0.15) is 48.5 Å². The summed E-state index contributed by atoms with van der Waals surface area (Å²) in [4.78, 5) is 11.2. The second-order valence-corrected chi connectivity index (χ2v) is 16.2. The van der Waals surface area contributed by atoms with Gasteiger partial charge in [0.1, 0.15) is 0 Å². The van der Waals surface area contributed by atoms with Crippen molar-refractivity contribution in [3.05, 3.63) is 0 Å². The summed E-state index contributed by atoms with van der Waals surface area (Å²) >= 11 is -2.50. The summed E-state index contributed by atoms with van der Waals surface area (Å²) < 4.78 is 7.35. The minimum atomic E-state index is -2.50. The van der Waals surface area contributed by atoms with E-state index < -0.39 is 13.6 Å². The molecule has 0 saturated carbocycles. The van der Waals surface area contributed by atoms with Crippen LogP contribution < -0.4 is 0 Å². The first-order chi connectivity index (χ1) is 6.25. The molecule has 0 aliphatic rings. The summed E-state index contributed by atoms with van der Waals surface area (Å²) in [7, 11) is 0. The normalized spacial score (nSPS) is 12.7. The van der Waals surface area contributed by atoms with Crippen molar-refractivity contribution >= 4 is 19.6 Å². The van der Waals surface area contributed by atoms with Gasteiger partial charge in [0.15, 0.2) is 0 Å². The van der Waals surface area contributed by atoms with Gasteiger partial charge in [-0.15, -0.1) is 0 Å². The third kappa shape index (κ3) is 2.75. The molecule has 0 heterocycles. The Morgan fingerprint density at radius 3 is 1.29 bits per heavy atom. The van der Waals surface area contributed by atoms with Crippen LogP contribution in [0.25, 0.3) is 0 Å². The molecule has 0 amide bonds. The Kier molecular flexibility index (Phi) is 5.20. The Hall–Kier alpha value is 0.0129. The number of carbonyl (C=O) groups excluding carboxylic acids is 1. The summed E-state index contributed by atoms with van der Waals surface area (Å²) in [5.74, 6) is -0.0962. The van der Waals surface area contributed by atoms with Crippen molar-refractivity contribution < 1.29 is 8.56 Å². The predicted molar refractivity (Wildman–Crippen MR) is 62.8 cm³/mol. The van der Waals surface area contributed by atoms with E-state index in [9.17, 15) is 4.79 Å². The summed E-state index contributed by atoms with van der Waals surface area (Å²) in [6.45, 7) is 14.7. The van der Waals surface area contributed by atoms with Crippen LogP contribution in [0.15, 0.2) is 0 Å². The Balaban J connectivity index is 5.05. The molecule has 2 nitrogen and oxygen atoms in total. The van der Waals surface area contributed by atoms with Crippen LogP contribution in [-0.4, -0.2) is 19.6 Å². The Labute approximate surface area is 91.1 Å². The van der Waals surface area contributed by atoms with Crippen LogP contribution in [0.5, 0.6) is 0 Å². The molecule has 0 atom stereocenters. The molecule has 0 spiro atoms. The van der Waals surface area contributed by atoms with E-state index in [2.05, 4.69) is 41.5 Å². The van der Waals surface area contributed by atoms with Gasteiger partial charge in [0.05, 0.1) is 0 Å². The molecule has 0 N–H and O–H groups in total. The van der Waals surface area contributed by atoms with Gasteiger partial charge < -0.3 is 0 Å². The minimum absolute atomic E-state index is 0.0962. The fourth-order valence-electron chi connectivity index (χ4n) is 2.60. The molecule has 3 heteroatoms. The molecule has 0 unspecified atom stereocenters.